The summed E-state index contributed by atoms with van der Waals surface area (Å²) in [5, 5.41) is 18.4. The number of amides is 1. The van der Waals surface area contributed by atoms with Crippen LogP contribution >= 0.6 is 0 Å². The Hall–Kier alpha value is -3.35. The molecule has 0 atom stereocenters. The Kier molecular flexibility index (Phi) is 4.88. The molecule has 7 nitrogen and oxygen atoms in total. The van der Waals surface area contributed by atoms with Gasteiger partial charge in [-0.3, -0.25) is 4.79 Å². The van der Waals surface area contributed by atoms with Crippen LogP contribution in [0.2, 0.25) is 0 Å². The molecule has 1 aromatic heterocycles. The average Bonchev–Trinajstić information content (AvgIpc) is 2.99. The highest BCUT2D eigenvalue weighted by Gasteiger charge is 2.14. The van der Waals surface area contributed by atoms with Crippen LogP contribution in [-0.4, -0.2) is 29.7 Å². The molecule has 1 heterocycles. The number of benzene rings is 2. The molecule has 0 spiro atoms. The molecule has 0 bridgehead atoms. The van der Waals surface area contributed by atoms with E-state index in [0.29, 0.717) is 11.5 Å². The van der Waals surface area contributed by atoms with Crippen molar-refractivity contribution in [2.75, 3.05) is 13.7 Å². The molecular weight excluding hydrogens is 334 g/mol. The lowest BCUT2D eigenvalue weighted by molar-refractivity contribution is -0.120. The highest BCUT2D eigenvalue weighted by molar-refractivity contribution is 5.98. The van der Waals surface area contributed by atoms with Crippen LogP contribution in [0.15, 0.2) is 46.6 Å². The smallest absolute Gasteiger partial charge is 0.302 e. The Labute approximate surface area is 150 Å². The van der Waals surface area contributed by atoms with Crippen molar-refractivity contribution in [1.82, 2.24) is 4.98 Å². The molecule has 2 aromatic carbocycles. The number of ether oxygens (including phenoxy) is 2. The van der Waals surface area contributed by atoms with Crippen LogP contribution in [0, 0.1) is 13.8 Å². The standard InChI is InChI=1S/C19H19N3O4/c1-11-4-5-12(2)17-16(11)18(19(24)20-17)22-21-15(23)10-26-14-8-6-13(25-3)7-9-14/h4-9,20,24H,10H2,1-3H3. The summed E-state index contributed by atoms with van der Waals surface area (Å²) in [6.45, 7) is 3.58. The second-order valence-electron chi connectivity index (χ2n) is 5.83. The van der Waals surface area contributed by atoms with E-state index in [1.807, 2.05) is 26.0 Å². The first kappa shape index (κ1) is 17.5. The molecule has 26 heavy (non-hydrogen) atoms. The summed E-state index contributed by atoms with van der Waals surface area (Å²) >= 11 is 0. The van der Waals surface area contributed by atoms with Crippen molar-refractivity contribution in [2.45, 2.75) is 13.8 Å². The maximum Gasteiger partial charge on any atom is 0.302 e. The van der Waals surface area contributed by atoms with Crippen molar-refractivity contribution in [3.05, 3.63) is 47.5 Å². The van der Waals surface area contributed by atoms with Crippen LogP contribution in [0.5, 0.6) is 17.4 Å². The third-order valence-corrected chi connectivity index (χ3v) is 4.01. The molecule has 3 aromatic rings. The molecule has 0 aliphatic rings. The van der Waals surface area contributed by atoms with E-state index in [2.05, 4.69) is 15.2 Å². The first-order valence-electron chi connectivity index (χ1n) is 8.02. The molecule has 0 aliphatic heterocycles. The van der Waals surface area contributed by atoms with Gasteiger partial charge >= 0.3 is 5.91 Å². The summed E-state index contributed by atoms with van der Waals surface area (Å²) in [6.07, 6.45) is 0. The van der Waals surface area contributed by atoms with Crippen molar-refractivity contribution in [2.24, 2.45) is 10.2 Å². The normalized spacial score (nSPS) is 11.2. The zero-order valence-electron chi connectivity index (χ0n) is 14.7. The Balaban J connectivity index is 1.73. The number of nitrogens with one attached hydrogen (secondary N) is 1. The highest BCUT2D eigenvalue weighted by Crippen LogP contribution is 2.38. The van der Waals surface area contributed by atoms with Gasteiger partial charge in [0.25, 0.3) is 0 Å². The summed E-state index contributed by atoms with van der Waals surface area (Å²) in [5.74, 6) is 0.546. The van der Waals surface area contributed by atoms with Crippen LogP contribution in [0.3, 0.4) is 0 Å². The number of hydrogen-bond acceptors (Lipinski definition) is 5. The first-order chi connectivity index (χ1) is 12.5. The second-order valence-corrected chi connectivity index (χ2v) is 5.83. The summed E-state index contributed by atoms with van der Waals surface area (Å²) in [6, 6.07) is 10.7. The van der Waals surface area contributed by atoms with Crippen molar-refractivity contribution in [1.29, 1.82) is 0 Å². The number of azo groups is 1. The van der Waals surface area contributed by atoms with Crippen molar-refractivity contribution in [3.8, 4) is 17.4 Å². The summed E-state index contributed by atoms with van der Waals surface area (Å²) in [5.41, 5.74) is 2.92. The number of hydrogen-bond donors (Lipinski definition) is 2. The molecule has 0 radical (unpaired) electrons. The summed E-state index contributed by atoms with van der Waals surface area (Å²) < 4.78 is 10.4. The lowest BCUT2D eigenvalue weighted by Gasteiger charge is -2.04. The first-order valence-corrected chi connectivity index (χ1v) is 8.02. The molecule has 7 heteroatoms. The van der Waals surface area contributed by atoms with Crippen LogP contribution in [0.1, 0.15) is 11.1 Å². The Bertz CT molecular complexity index is 975. The number of aromatic amines is 1. The van der Waals surface area contributed by atoms with Crippen molar-refractivity contribution in [3.63, 3.8) is 0 Å². The summed E-state index contributed by atoms with van der Waals surface area (Å²) in [4.78, 5) is 14.8. The molecule has 0 unspecified atom stereocenters. The maximum atomic E-state index is 11.9. The van der Waals surface area contributed by atoms with E-state index in [-0.39, 0.29) is 18.2 Å². The van der Waals surface area contributed by atoms with E-state index in [9.17, 15) is 9.90 Å². The Morgan fingerprint density at radius 3 is 2.42 bits per heavy atom. The minimum absolute atomic E-state index is 0.120. The van der Waals surface area contributed by atoms with Gasteiger partial charge in [0.05, 0.1) is 12.6 Å². The van der Waals surface area contributed by atoms with E-state index in [4.69, 9.17) is 9.47 Å². The number of aromatic hydroxyl groups is 1. The number of nitrogens with zero attached hydrogens (tertiary/aromatic N) is 2. The van der Waals surface area contributed by atoms with Gasteiger partial charge in [-0.2, -0.15) is 0 Å². The zero-order valence-corrected chi connectivity index (χ0v) is 14.7. The number of carbonyl (C=O) groups is 1. The van der Waals surface area contributed by atoms with Crippen LogP contribution < -0.4 is 9.47 Å². The minimum atomic E-state index is -0.556. The van der Waals surface area contributed by atoms with Crippen molar-refractivity contribution >= 4 is 22.5 Å². The van der Waals surface area contributed by atoms with Gasteiger partial charge in [-0.1, -0.05) is 12.1 Å². The third kappa shape index (κ3) is 3.51. The van der Waals surface area contributed by atoms with Crippen LogP contribution in [0.4, 0.5) is 5.69 Å². The fourth-order valence-electron chi connectivity index (χ4n) is 2.62. The van der Waals surface area contributed by atoms with Gasteiger partial charge in [0, 0.05) is 5.39 Å². The Morgan fingerprint density at radius 1 is 1.08 bits per heavy atom. The van der Waals surface area contributed by atoms with Crippen LogP contribution in [-0.2, 0) is 4.79 Å². The van der Waals surface area contributed by atoms with E-state index >= 15 is 0 Å². The molecule has 0 saturated heterocycles. The number of fused-ring (bicyclic) bond motifs is 1. The summed E-state index contributed by atoms with van der Waals surface area (Å²) in [7, 11) is 1.57. The fourth-order valence-corrected chi connectivity index (χ4v) is 2.62. The topological polar surface area (TPSA) is 96.3 Å². The number of rotatable bonds is 5. The maximum absolute atomic E-state index is 11.9. The van der Waals surface area contributed by atoms with Crippen molar-refractivity contribution < 1.29 is 19.4 Å². The van der Waals surface area contributed by atoms with E-state index in [1.165, 1.54) is 0 Å². The molecule has 134 valence electrons. The van der Waals surface area contributed by atoms with Gasteiger partial charge < -0.3 is 19.6 Å². The molecule has 3 rings (SSSR count). The average molecular weight is 353 g/mol. The molecule has 1 amide bonds. The van der Waals surface area contributed by atoms with Gasteiger partial charge in [-0.05, 0) is 49.2 Å². The van der Waals surface area contributed by atoms with Gasteiger partial charge in [-0.15, -0.1) is 10.2 Å². The van der Waals surface area contributed by atoms with Crippen LogP contribution in [0.25, 0.3) is 10.9 Å². The number of methoxy groups -OCH3 is 1. The lowest BCUT2D eigenvalue weighted by atomic mass is 10.1. The number of carbonyl (C=O) groups excluding carboxylic acids is 1. The highest BCUT2D eigenvalue weighted by atomic mass is 16.5. The fraction of sp³-hybridized carbons (Fsp3) is 0.211. The monoisotopic (exact) mass is 353 g/mol. The minimum Gasteiger partial charge on any atom is -0.497 e. The largest absolute Gasteiger partial charge is 0.497 e. The predicted molar refractivity (Wildman–Crippen MR) is 97.4 cm³/mol. The van der Waals surface area contributed by atoms with Gasteiger partial charge in [0.1, 0.15) is 11.5 Å². The lowest BCUT2D eigenvalue weighted by Crippen LogP contribution is -2.07. The van der Waals surface area contributed by atoms with E-state index in [0.717, 1.165) is 22.0 Å². The molecule has 0 saturated carbocycles. The quantitative estimate of drug-likeness (QED) is 0.672. The van der Waals surface area contributed by atoms with Gasteiger partial charge in [0.15, 0.2) is 12.3 Å². The van der Waals surface area contributed by atoms with Gasteiger partial charge in [-0.25, -0.2) is 0 Å². The molecule has 2 N–H and O–H groups in total. The zero-order chi connectivity index (χ0) is 18.7. The van der Waals surface area contributed by atoms with Gasteiger partial charge in [0.2, 0.25) is 5.88 Å². The molecular formula is C19H19N3O4. The number of H-pyrrole nitrogens is 1. The molecule has 0 fully saturated rings. The SMILES string of the molecule is COc1ccc(OCC(=O)N=Nc2c(O)[nH]c3c(C)ccc(C)c23)cc1. The molecule has 0 aliphatic carbocycles. The number of aromatic nitrogens is 1. The Morgan fingerprint density at radius 2 is 1.73 bits per heavy atom. The van der Waals surface area contributed by atoms with E-state index in [1.54, 1.807) is 31.4 Å². The predicted octanol–water partition coefficient (Wildman–Crippen LogP) is 4.19. The number of aryl methyl sites for hydroxylation is 2. The van der Waals surface area contributed by atoms with E-state index < -0.39 is 5.91 Å². The second kappa shape index (κ2) is 7.26. The third-order valence-electron chi connectivity index (χ3n) is 4.01.